The summed E-state index contributed by atoms with van der Waals surface area (Å²) in [5.74, 6) is 0.686. The first-order chi connectivity index (χ1) is 14.6. The number of aromatic amines is 1. The average molecular weight is 422 g/mol. The number of likely N-dealkylation sites (tertiary alicyclic amines) is 1. The van der Waals surface area contributed by atoms with Gasteiger partial charge in [-0.15, -0.1) is 10.2 Å². The smallest absolute Gasteiger partial charge is 0.189 e. The van der Waals surface area contributed by atoms with Crippen LogP contribution < -0.4 is 10.5 Å². The zero-order chi connectivity index (χ0) is 22.4. The predicted molar refractivity (Wildman–Crippen MR) is 124 cm³/mol. The van der Waals surface area contributed by atoms with E-state index in [1.807, 2.05) is 35.4 Å². The Kier molecular flexibility index (Phi) is 5.35. The van der Waals surface area contributed by atoms with Crippen molar-refractivity contribution >= 4 is 16.7 Å². The minimum Gasteiger partial charge on any atom is -0.361 e. The van der Waals surface area contributed by atoms with E-state index >= 15 is 0 Å². The fourth-order valence-electron chi connectivity index (χ4n) is 4.84. The summed E-state index contributed by atoms with van der Waals surface area (Å²) in [4.78, 5) is 23.5. The molecular formula is C24H31N5O2. The summed E-state index contributed by atoms with van der Waals surface area (Å²) in [7, 11) is 3.88. The normalized spacial score (nSPS) is 18.9. The molecule has 0 amide bonds. The van der Waals surface area contributed by atoms with E-state index in [9.17, 15) is 4.79 Å². The maximum atomic E-state index is 12.2. The molecule has 1 aliphatic heterocycles. The fourth-order valence-corrected chi connectivity index (χ4v) is 4.84. The second kappa shape index (κ2) is 7.73. The number of piperidine rings is 1. The standard InChI is InChI=1S/C24H31N5O2/c1-23(2)14-17(15-24(3,4)28(23)5)29(31-6)22-10-9-19(26-27-22)16-7-8-20-18(13-16)21(30)11-12-25-20/h7-13,17H,14-15H2,1-6H3,(H,25,30). The van der Waals surface area contributed by atoms with Gasteiger partial charge in [0.15, 0.2) is 11.2 Å². The second-order valence-corrected chi connectivity index (χ2v) is 9.63. The van der Waals surface area contributed by atoms with Crippen LogP contribution in [0.3, 0.4) is 0 Å². The highest BCUT2D eigenvalue weighted by Crippen LogP contribution is 2.39. The molecule has 1 aromatic carbocycles. The van der Waals surface area contributed by atoms with Crippen molar-refractivity contribution in [2.45, 2.75) is 57.7 Å². The Morgan fingerprint density at radius 3 is 2.39 bits per heavy atom. The third-order valence-corrected chi connectivity index (χ3v) is 6.75. The molecule has 0 saturated carbocycles. The number of nitrogens with one attached hydrogen (secondary N) is 1. The van der Waals surface area contributed by atoms with E-state index in [2.05, 4.69) is 54.8 Å². The van der Waals surface area contributed by atoms with Gasteiger partial charge in [-0.25, -0.2) is 5.06 Å². The van der Waals surface area contributed by atoms with E-state index in [1.165, 1.54) is 6.07 Å². The average Bonchev–Trinajstić information content (AvgIpc) is 2.73. The van der Waals surface area contributed by atoms with E-state index < -0.39 is 0 Å². The molecule has 7 heteroatoms. The molecule has 0 aliphatic carbocycles. The van der Waals surface area contributed by atoms with Crippen LogP contribution in [0.25, 0.3) is 22.2 Å². The van der Waals surface area contributed by atoms with Crippen molar-refractivity contribution in [1.29, 1.82) is 0 Å². The second-order valence-electron chi connectivity index (χ2n) is 9.63. The highest BCUT2D eigenvalue weighted by atomic mass is 16.7. The van der Waals surface area contributed by atoms with Gasteiger partial charge in [0, 0.05) is 39.8 Å². The van der Waals surface area contributed by atoms with E-state index in [1.54, 1.807) is 13.3 Å². The lowest BCUT2D eigenvalue weighted by Gasteiger charge is -2.55. The van der Waals surface area contributed by atoms with Crippen molar-refractivity contribution in [3.05, 3.63) is 52.8 Å². The molecule has 164 valence electrons. The molecule has 1 aliphatic rings. The van der Waals surface area contributed by atoms with Crippen molar-refractivity contribution in [3.63, 3.8) is 0 Å². The number of hydroxylamine groups is 1. The number of anilines is 1. The van der Waals surface area contributed by atoms with Gasteiger partial charge in [-0.1, -0.05) is 6.07 Å². The maximum absolute atomic E-state index is 12.2. The van der Waals surface area contributed by atoms with Gasteiger partial charge in [0.25, 0.3) is 0 Å². The van der Waals surface area contributed by atoms with Gasteiger partial charge in [0.2, 0.25) is 0 Å². The molecule has 1 saturated heterocycles. The topological polar surface area (TPSA) is 74.3 Å². The number of rotatable bonds is 4. The van der Waals surface area contributed by atoms with Crippen LogP contribution in [-0.4, -0.2) is 51.4 Å². The summed E-state index contributed by atoms with van der Waals surface area (Å²) in [6, 6.07) is 11.3. The number of hydrogen-bond acceptors (Lipinski definition) is 6. The van der Waals surface area contributed by atoms with Crippen LogP contribution in [0.15, 0.2) is 47.4 Å². The molecule has 2 aromatic heterocycles. The predicted octanol–water partition coefficient (Wildman–Crippen LogP) is 4.00. The summed E-state index contributed by atoms with van der Waals surface area (Å²) in [5.41, 5.74) is 2.43. The third kappa shape index (κ3) is 3.95. The number of hydrogen-bond donors (Lipinski definition) is 1. The Bertz CT molecular complexity index is 1120. The monoisotopic (exact) mass is 421 g/mol. The minimum atomic E-state index is -0.0155. The zero-order valence-electron chi connectivity index (χ0n) is 19.1. The highest BCUT2D eigenvalue weighted by molar-refractivity contribution is 5.83. The largest absolute Gasteiger partial charge is 0.361 e. The summed E-state index contributed by atoms with van der Waals surface area (Å²) >= 11 is 0. The van der Waals surface area contributed by atoms with Crippen LogP contribution in [0, 0.1) is 0 Å². The van der Waals surface area contributed by atoms with Gasteiger partial charge in [-0.05, 0) is 71.8 Å². The molecule has 0 spiro atoms. The third-order valence-electron chi connectivity index (χ3n) is 6.75. The Labute approximate surface area is 183 Å². The lowest BCUT2D eigenvalue weighted by atomic mass is 9.77. The Morgan fingerprint density at radius 2 is 1.77 bits per heavy atom. The molecule has 31 heavy (non-hydrogen) atoms. The van der Waals surface area contributed by atoms with Crippen LogP contribution in [0.2, 0.25) is 0 Å². The van der Waals surface area contributed by atoms with E-state index in [0.717, 1.165) is 23.9 Å². The molecule has 3 aromatic rings. The first kappa shape index (κ1) is 21.5. The van der Waals surface area contributed by atoms with E-state index in [-0.39, 0.29) is 22.5 Å². The summed E-state index contributed by atoms with van der Waals surface area (Å²) in [6.45, 7) is 9.08. The molecule has 1 fully saturated rings. The highest BCUT2D eigenvalue weighted by Gasteiger charge is 2.45. The Morgan fingerprint density at radius 1 is 1.06 bits per heavy atom. The molecule has 0 bridgehead atoms. The van der Waals surface area contributed by atoms with Crippen molar-refractivity contribution in [1.82, 2.24) is 20.1 Å². The van der Waals surface area contributed by atoms with Crippen molar-refractivity contribution in [2.24, 2.45) is 0 Å². The molecule has 0 radical (unpaired) electrons. The van der Waals surface area contributed by atoms with Gasteiger partial charge in [0.05, 0.1) is 18.8 Å². The van der Waals surface area contributed by atoms with E-state index in [4.69, 9.17) is 4.84 Å². The molecule has 7 nitrogen and oxygen atoms in total. The quantitative estimate of drug-likeness (QED) is 0.642. The number of fused-ring (bicyclic) bond motifs is 1. The minimum absolute atomic E-state index is 0.0155. The number of H-pyrrole nitrogens is 1. The molecule has 3 heterocycles. The van der Waals surface area contributed by atoms with Crippen LogP contribution in [-0.2, 0) is 4.84 Å². The number of pyridine rings is 1. The molecule has 1 N–H and O–H groups in total. The van der Waals surface area contributed by atoms with E-state index in [0.29, 0.717) is 16.9 Å². The Balaban J connectivity index is 1.62. The van der Waals surface area contributed by atoms with Crippen molar-refractivity contribution in [2.75, 3.05) is 19.2 Å². The van der Waals surface area contributed by atoms with Gasteiger partial charge >= 0.3 is 0 Å². The fraction of sp³-hybridized carbons (Fsp3) is 0.458. The Hall–Kier alpha value is -2.77. The van der Waals surface area contributed by atoms with Gasteiger partial charge < -0.3 is 4.98 Å². The summed E-state index contributed by atoms with van der Waals surface area (Å²) in [5, 5.41) is 11.4. The van der Waals surface area contributed by atoms with Crippen LogP contribution in [0.5, 0.6) is 0 Å². The SMILES string of the molecule is CON(c1ccc(-c2ccc3[nH]ccc(=O)c3c2)nn1)C1CC(C)(C)N(C)C(C)(C)C1. The van der Waals surface area contributed by atoms with Gasteiger partial charge in [-0.3, -0.25) is 14.5 Å². The number of nitrogens with zero attached hydrogens (tertiary/aromatic N) is 4. The molecular weight excluding hydrogens is 390 g/mol. The molecule has 0 unspecified atom stereocenters. The van der Waals surface area contributed by atoms with Gasteiger partial charge in [-0.2, -0.15) is 0 Å². The van der Waals surface area contributed by atoms with Crippen LogP contribution >= 0.6 is 0 Å². The summed E-state index contributed by atoms with van der Waals surface area (Å²) in [6.07, 6.45) is 3.57. The van der Waals surface area contributed by atoms with Crippen molar-refractivity contribution in [3.8, 4) is 11.3 Å². The maximum Gasteiger partial charge on any atom is 0.189 e. The van der Waals surface area contributed by atoms with Gasteiger partial charge in [0.1, 0.15) is 0 Å². The lowest BCUT2D eigenvalue weighted by molar-refractivity contribution is -0.0330. The first-order valence-corrected chi connectivity index (χ1v) is 10.7. The summed E-state index contributed by atoms with van der Waals surface area (Å²) < 4.78 is 0. The molecule has 4 rings (SSSR count). The lowest BCUT2D eigenvalue weighted by Crippen LogP contribution is -2.62. The first-order valence-electron chi connectivity index (χ1n) is 10.7. The van der Waals surface area contributed by atoms with Crippen LogP contribution in [0.4, 0.5) is 5.82 Å². The van der Waals surface area contributed by atoms with Crippen LogP contribution in [0.1, 0.15) is 40.5 Å². The van der Waals surface area contributed by atoms with Crippen molar-refractivity contribution < 1.29 is 4.84 Å². The number of benzene rings is 1. The number of aromatic nitrogens is 3. The zero-order valence-corrected chi connectivity index (χ0v) is 19.1. The molecule has 0 atom stereocenters.